The number of carboxylic acid groups (broad SMARTS) is 1. The second-order valence-electron chi connectivity index (χ2n) is 9.34. The lowest BCUT2D eigenvalue weighted by Crippen LogP contribution is -2.47. The minimum Gasteiger partial charge on any atom is -0.478 e. The quantitative estimate of drug-likeness (QED) is 0.551. The number of nitrogens with zero attached hydrogens (tertiary/aromatic N) is 3. The molecular formula is C27H29FN4O3. The predicted octanol–water partition coefficient (Wildman–Crippen LogP) is 4.78. The fraction of sp³-hybridized carbons (Fsp3) is 0.370. The number of hydrogen-bond donors (Lipinski definition) is 2. The van der Waals surface area contributed by atoms with E-state index in [0.29, 0.717) is 34.0 Å². The molecule has 0 aliphatic carbocycles. The van der Waals surface area contributed by atoms with E-state index in [0.717, 1.165) is 25.9 Å². The molecule has 3 heterocycles. The molecule has 2 aliphatic rings. The molecule has 3 aromatic rings. The van der Waals surface area contributed by atoms with Gasteiger partial charge < -0.3 is 20.2 Å². The van der Waals surface area contributed by atoms with Crippen LogP contribution in [0.4, 0.5) is 15.9 Å². The van der Waals surface area contributed by atoms with Crippen LogP contribution in [0, 0.1) is 5.82 Å². The number of anilines is 2. The van der Waals surface area contributed by atoms with Crippen molar-refractivity contribution in [1.82, 2.24) is 9.88 Å². The van der Waals surface area contributed by atoms with Gasteiger partial charge in [0.25, 0.3) is 5.91 Å². The van der Waals surface area contributed by atoms with Gasteiger partial charge in [0.05, 0.1) is 11.1 Å². The summed E-state index contributed by atoms with van der Waals surface area (Å²) < 4.78 is 13.1. The van der Waals surface area contributed by atoms with Gasteiger partial charge in [-0.2, -0.15) is 0 Å². The standard InChI is InChI=1S/C27H29FN4O3/c28-19-6-4-18(5-7-19)26(33)29-20-8-9-24-22(16-20)23(27(34)35)17-25(30-24)32-14-10-21(11-15-32)31-12-2-1-3-13-31/h4-9,16-17,21H,1-3,10-15H2,(H,29,33)(H,34,35). The largest absolute Gasteiger partial charge is 0.478 e. The number of carbonyl (C=O) groups is 2. The van der Waals surface area contributed by atoms with Gasteiger partial charge in [-0.05, 0) is 87.3 Å². The van der Waals surface area contributed by atoms with Crippen molar-refractivity contribution in [2.45, 2.75) is 38.1 Å². The van der Waals surface area contributed by atoms with Gasteiger partial charge in [0.15, 0.2) is 0 Å². The lowest BCUT2D eigenvalue weighted by Gasteiger charge is -2.40. The summed E-state index contributed by atoms with van der Waals surface area (Å²) in [5.41, 5.74) is 1.48. The molecule has 0 saturated carbocycles. The molecule has 2 fully saturated rings. The van der Waals surface area contributed by atoms with Crippen LogP contribution in [0.25, 0.3) is 10.9 Å². The van der Waals surface area contributed by atoms with Crippen LogP contribution in [-0.2, 0) is 0 Å². The van der Waals surface area contributed by atoms with Crippen LogP contribution in [0.2, 0.25) is 0 Å². The molecule has 0 unspecified atom stereocenters. The average Bonchev–Trinajstić information content (AvgIpc) is 2.89. The number of amides is 1. The summed E-state index contributed by atoms with van der Waals surface area (Å²) in [6.45, 7) is 4.07. The number of rotatable bonds is 5. The Morgan fingerprint density at radius 2 is 1.66 bits per heavy atom. The van der Waals surface area contributed by atoms with Crippen molar-refractivity contribution in [1.29, 1.82) is 0 Å². The molecule has 7 nitrogen and oxygen atoms in total. The molecule has 2 saturated heterocycles. The Balaban J connectivity index is 1.35. The number of nitrogens with one attached hydrogen (secondary N) is 1. The van der Waals surface area contributed by atoms with Gasteiger partial charge >= 0.3 is 5.97 Å². The van der Waals surface area contributed by atoms with E-state index in [1.165, 1.54) is 56.6 Å². The Morgan fingerprint density at radius 3 is 2.34 bits per heavy atom. The van der Waals surface area contributed by atoms with Crippen LogP contribution in [0.3, 0.4) is 0 Å². The van der Waals surface area contributed by atoms with Crippen LogP contribution in [0.15, 0.2) is 48.5 Å². The second kappa shape index (κ2) is 10.00. The van der Waals surface area contributed by atoms with Crippen molar-refractivity contribution >= 4 is 34.3 Å². The molecule has 8 heteroatoms. The molecule has 5 rings (SSSR count). The lowest BCUT2D eigenvalue weighted by molar-refractivity contribution is 0.0698. The first-order chi connectivity index (χ1) is 17.0. The van der Waals surface area contributed by atoms with Crippen LogP contribution >= 0.6 is 0 Å². The molecule has 2 aliphatic heterocycles. The van der Waals surface area contributed by atoms with Crippen molar-refractivity contribution < 1.29 is 19.1 Å². The first-order valence-corrected chi connectivity index (χ1v) is 12.2. The topological polar surface area (TPSA) is 85.8 Å². The molecule has 35 heavy (non-hydrogen) atoms. The second-order valence-corrected chi connectivity index (χ2v) is 9.34. The van der Waals surface area contributed by atoms with Crippen molar-refractivity contribution in [2.24, 2.45) is 0 Å². The van der Waals surface area contributed by atoms with E-state index in [1.807, 2.05) is 0 Å². The molecule has 2 aromatic carbocycles. The fourth-order valence-electron chi connectivity index (χ4n) is 5.18. The highest BCUT2D eigenvalue weighted by atomic mass is 19.1. The number of halogens is 1. The number of carboxylic acids is 1. The smallest absolute Gasteiger partial charge is 0.336 e. The molecule has 0 radical (unpaired) electrons. The van der Waals surface area contributed by atoms with E-state index in [2.05, 4.69) is 15.1 Å². The van der Waals surface area contributed by atoms with Crippen molar-refractivity contribution in [2.75, 3.05) is 36.4 Å². The SMILES string of the molecule is O=C(Nc1ccc2nc(N3CCC(N4CCCCC4)CC3)cc(C(=O)O)c2c1)c1ccc(F)cc1. The third kappa shape index (κ3) is 5.12. The first-order valence-electron chi connectivity index (χ1n) is 12.2. The predicted molar refractivity (Wildman–Crippen MR) is 134 cm³/mol. The number of fused-ring (bicyclic) bond motifs is 1. The van der Waals surface area contributed by atoms with Crippen molar-refractivity contribution in [3.63, 3.8) is 0 Å². The highest BCUT2D eigenvalue weighted by Gasteiger charge is 2.27. The molecular weight excluding hydrogens is 447 g/mol. The van der Waals surface area contributed by atoms with Crippen molar-refractivity contribution in [3.8, 4) is 0 Å². The lowest BCUT2D eigenvalue weighted by atomic mass is 9.99. The Morgan fingerprint density at radius 1 is 0.943 bits per heavy atom. The highest BCUT2D eigenvalue weighted by Crippen LogP contribution is 2.29. The van der Waals surface area contributed by atoms with E-state index in [1.54, 1.807) is 24.3 Å². The zero-order valence-corrected chi connectivity index (χ0v) is 19.5. The Bertz CT molecular complexity index is 1230. The van der Waals surface area contributed by atoms with Gasteiger partial charge in [-0.3, -0.25) is 4.79 Å². The summed E-state index contributed by atoms with van der Waals surface area (Å²) in [6.07, 6.45) is 5.99. The van der Waals surface area contributed by atoms with E-state index in [9.17, 15) is 19.1 Å². The van der Waals surface area contributed by atoms with Crippen LogP contribution in [0.1, 0.15) is 52.8 Å². The fourth-order valence-corrected chi connectivity index (χ4v) is 5.18. The number of aromatic nitrogens is 1. The third-order valence-electron chi connectivity index (χ3n) is 7.09. The summed E-state index contributed by atoms with van der Waals surface area (Å²) in [5, 5.41) is 13.1. The van der Waals surface area contributed by atoms with E-state index >= 15 is 0 Å². The van der Waals surface area contributed by atoms with Gasteiger partial charge in [-0.25, -0.2) is 14.2 Å². The molecule has 0 atom stereocenters. The van der Waals surface area contributed by atoms with Gasteiger partial charge in [-0.1, -0.05) is 6.42 Å². The summed E-state index contributed by atoms with van der Waals surface area (Å²) in [7, 11) is 0. The number of likely N-dealkylation sites (tertiary alicyclic amines) is 1. The van der Waals surface area contributed by atoms with Crippen LogP contribution in [0.5, 0.6) is 0 Å². The van der Waals surface area contributed by atoms with Crippen LogP contribution in [-0.4, -0.2) is 59.1 Å². The normalized spacial score (nSPS) is 17.5. The summed E-state index contributed by atoms with van der Waals surface area (Å²) in [6, 6.07) is 12.5. The number of piperidine rings is 2. The Kier molecular flexibility index (Phi) is 6.63. The van der Waals surface area contributed by atoms with E-state index in [-0.39, 0.29) is 5.56 Å². The number of pyridine rings is 1. The summed E-state index contributed by atoms with van der Waals surface area (Å²) in [4.78, 5) is 34.2. The molecule has 0 bridgehead atoms. The molecule has 1 aromatic heterocycles. The molecule has 0 spiro atoms. The highest BCUT2D eigenvalue weighted by molar-refractivity contribution is 6.08. The summed E-state index contributed by atoms with van der Waals surface area (Å²) >= 11 is 0. The summed E-state index contributed by atoms with van der Waals surface area (Å²) in [5.74, 6) is -1.18. The molecule has 2 N–H and O–H groups in total. The van der Waals surface area contributed by atoms with Gasteiger partial charge in [0.2, 0.25) is 0 Å². The maximum atomic E-state index is 13.1. The average molecular weight is 477 g/mol. The number of carbonyl (C=O) groups excluding carboxylic acids is 1. The molecule has 1 amide bonds. The minimum atomic E-state index is -1.04. The van der Waals surface area contributed by atoms with E-state index in [4.69, 9.17) is 4.98 Å². The maximum absolute atomic E-state index is 13.1. The maximum Gasteiger partial charge on any atom is 0.336 e. The number of aromatic carboxylic acids is 1. The number of benzene rings is 2. The van der Waals surface area contributed by atoms with Crippen molar-refractivity contribution in [3.05, 3.63) is 65.5 Å². The molecule has 182 valence electrons. The minimum absolute atomic E-state index is 0.154. The Labute approximate surface area is 203 Å². The zero-order valence-electron chi connectivity index (χ0n) is 19.5. The van der Waals surface area contributed by atoms with Gasteiger partial charge in [0, 0.05) is 35.8 Å². The van der Waals surface area contributed by atoms with Gasteiger partial charge in [-0.15, -0.1) is 0 Å². The number of hydrogen-bond acceptors (Lipinski definition) is 5. The third-order valence-corrected chi connectivity index (χ3v) is 7.09. The van der Waals surface area contributed by atoms with Gasteiger partial charge in [0.1, 0.15) is 11.6 Å². The van der Waals surface area contributed by atoms with Crippen LogP contribution < -0.4 is 10.2 Å². The first kappa shape index (κ1) is 23.2. The monoisotopic (exact) mass is 476 g/mol. The zero-order chi connectivity index (χ0) is 24.4. The Hall–Kier alpha value is -3.52. The van der Waals surface area contributed by atoms with E-state index < -0.39 is 17.7 Å².